The minimum absolute atomic E-state index is 0.131. The number of rotatable bonds is 57. The third-order valence-electron chi connectivity index (χ3n) is 22.9. The molecule has 25 nitrogen and oxygen atoms in total. The Morgan fingerprint density at radius 3 is 0.523 bits per heavy atom. The van der Waals surface area contributed by atoms with Crippen LogP contribution in [-0.2, 0) is 114 Å². The summed E-state index contributed by atoms with van der Waals surface area (Å²) in [5.41, 5.74) is -1.08. The van der Waals surface area contributed by atoms with Crippen molar-refractivity contribution in [1.29, 1.82) is 0 Å². The smallest absolute Gasteiger partial charge is 0.163 e. The second-order valence-corrected chi connectivity index (χ2v) is 39.2. The fourth-order valence-electron chi connectivity index (χ4n) is 16.9. The Morgan fingerprint density at radius 2 is 0.387 bits per heavy atom. The van der Waals surface area contributed by atoms with Crippen LogP contribution in [0.1, 0.15) is 254 Å². The quantitative estimate of drug-likeness (QED) is 0.0595. The number of ether oxygens (including phenoxy) is 24. The first kappa shape index (κ1) is 95.5. The van der Waals surface area contributed by atoms with Gasteiger partial charge in [-0.15, -0.1) is 0 Å². The molecule has 652 valence electrons. The standard InChI is InChI=1S/C86H158O25/c1-75(2)96-48-67(104-75)40-88-56-83(17,57-89-41-68-49-97-76(3,4)105-68)35-23-31-64(32-24-36-84(18,58-90-42-69-50-98-77(5,6)106-69)59-91-43-70-51-99-78(7,8)107-70)27-21-29-66(39-87)30-22-28-65(33-25-37-85(19,60-92-44-71-52-100-79(9,10)108-71)61-93-45-72-53-101-80(11,12)109-72)34-26-38-86(20,62-94-46-73-54-102-81(13,14)110-73)63-95-47-74-55-103-82(15,16)111-74/h64-74,87H,21-63H2,1-20H3. The van der Waals surface area contributed by atoms with E-state index in [9.17, 15) is 5.11 Å². The van der Waals surface area contributed by atoms with E-state index < -0.39 is 46.3 Å². The number of aliphatic hydroxyl groups is 1. The summed E-state index contributed by atoms with van der Waals surface area (Å²) in [6.07, 6.45) is 17.0. The highest BCUT2D eigenvalue weighted by molar-refractivity contribution is 4.85. The average Bonchev–Trinajstić information content (AvgIpc) is 1.85. The maximum Gasteiger partial charge on any atom is 0.163 e. The first-order valence-corrected chi connectivity index (χ1v) is 42.8. The second kappa shape index (κ2) is 43.5. The lowest BCUT2D eigenvalue weighted by Gasteiger charge is -2.32. The van der Waals surface area contributed by atoms with Gasteiger partial charge in [0.2, 0.25) is 0 Å². The van der Waals surface area contributed by atoms with Crippen LogP contribution in [0.5, 0.6) is 0 Å². The molecule has 1 N–H and O–H groups in total. The fraction of sp³-hybridized carbons (Fsp3) is 1.00. The second-order valence-electron chi connectivity index (χ2n) is 39.2. The summed E-state index contributed by atoms with van der Waals surface area (Å²) in [5, 5.41) is 11.3. The summed E-state index contributed by atoms with van der Waals surface area (Å²) >= 11 is 0. The van der Waals surface area contributed by atoms with Crippen molar-refractivity contribution in [3.63, 3.8) is 0 Å². The Balaban J connectivity index is 0.931. The molecule has 8 fully saturated rings. The topological polar surface area (TPSA) is 242 Å². The monoisotopic (exact) mass is 1590 g/mol. The highest BCUT2D eigenvalue weighted by Crippen LogP contribution is 2.39. The summed E-state index contributed by atoms with van der Waals surface area (Å²) in [6.45, 7) is 52.3. The SMILES string of the molecule is CC(CCCC(CCCC(CO)CCCC(CCCC(C)(COCC1COC(C)(C)O1)COCC1COC(C)(C)O1)CCCC(C)(COCC1COC(C)(C)O1)COCC1COC(C)(C)O1)CCCC(C)(COCC1COC(C)(C)O1)COCC1COC(C)(C)O1)(COCC1COC(C)(C)O1)COCC1COC(C)(C)O1. The zero-order chi connectivity index (χ0) is 80.7. The maximum atomic E-state index is 11.3. The van der Waals surface area contributed by atoms with E-state index in [1.807, 2.05) is 111 Å². The lowest BCUT2D eigenvalue weighted by Crippen LogP contribution is -2.34. The van der Waals surface area contributed by atoms with Gasteiger partial charge in [0, 0.05) is 28.3 Å². The zero-order valence-electron chi connectivity index (χ0n) is 73.0. The van der Waals surface area contributed by atoms with Gasteiger partial charge >= 0.3 is 0 Å². The van der Waals surface area contributed by atoms with Gasteiger partial charge in [0.15, 0.2) is 46.3 Å². The number of aliphatic hydroxyl groups excluding tert-OH is 1. The summed E-state index contributed by atoms with van der Waals surface area (Å²) in [7, 11) is 0. The summed E-state index contributed by atoms with van der Waals surface area (Å²) < 4.78 is 149. The molecule has 0 aromatic heterocycles. The summed E-state index contributed by atoms with van der Waals surface area (Å²) in [5.74, 6) is -3.95. The lowest BCUT2D eigenvalue weighted by molar-refractivity contribution is -0.151. The molecule has 0 aromatic rings. The Morgan fingerprint density at radius 1 is 0.243 bits per heavy atom. The van der Waals surface area contributed by atoms with Crippen LogP contribution in [0.4, 0.5) is 0 Å². The fourth-order valence-corrected chi connectivity index (χ4v) is 16.9. The lowest BCUT2D eigenvalue weighted by atomic mass is 9.80. The molecule has 0 spiro atoms. The minimum atomic E-state index is -0.630. The van der Waals surface area contributed by atoms with Gasteiger partial charge in [-0.3, -0.25) is 0 Å². The van der Waals surface area contributed by atoms with Crippen molar-refractivity contribution in [2.24, 2.45) is 39.4 Å². The molecule has 8 atom stereocenters. The van der Waals surface area contributed by atoms with E-state index in [0.29, 0.717) is 170 Å². The van der Waals surface area contributed by atoms with Crippen molar-refractivity contribution < 1.29 is 119 Å². The van der Waals surface area contributed by atoms with Gasteiger partial charge in [0.25, 0.3) is 0 Å². The van der Waals surface area contributed by atoms with Gasteiger partial charge in [-0.05, 0) is 167 Å². The Hall–Kier alpha value is -1.00. The van der Waals surface area contributed by atoms with Crippen LogP contribution in [0.2, 0.25) is 0 Å². The van der Waals surface area contributed by atoms with Gasteiger partial charge in [-0.1, -0.05) is 105 Å². The molecule has 0 aromatic carbocycles. The van der Waals surface area contributed by atoms with Crippen molar-refractivity contribution >= 4 is 0 Å². The third-order valence-corrected chi connectivity index (χ3v) is 22.9. The molecule has 0 radical (unpaired) electrons. The van der Waals surface area contributed by atoms with E-state index in [0.717, 1.165) is 116 Å². The van der Waals surface area contributed by atoms with Crippen LogP contribution in [0, 0.1) is 39.4 Å². The highest BCUT2D eigenvalue weighted by atomic mass is 16.8. The Bertz CT molecular complexity index is 2140. The van der Waals surface area contributed by atoms with Gasteiger partial charge < -0.3 is 119 Å². The van der Waals surface area contributed by atoms with Gasteiger partial charge in [0.05, 0.1) is 159 Å². The first-order valence-electron chi connectivity index (χ1n) is 42.8. The van der Waals surface area contributed by atoms with E-state index in [4.69, 9.17) is 114 Å². The van der Waals surface area contributed by atoms with Crippen molar-refractivity contribution in [1.82, 2.24) is 0 Å². The summed E-state index contributed by atoms with van der Waals surface area (Å²) in [6, 6.07) is 0. The molecule has 0 saturated carbocycles. The molecule has 8 aliphatic rings. The molecule has 0 amide bonds. The van der Waals surface area contributed by atoms with Crippen LogP contribution in [-0.4, -0.2) is 265 Å². The predicted molar refractivity (Wildman–Crippen MR) is 419 cm³/mol. The maximum absolute atomic E-state index is 11.3. The van der Waals surface area contributed by atoms with Gasteiger partial charge in [-0.2, -0.15) is 0 Å². The van der Waals surface area contributed by atoms with Gasteiger partial charge in [0.1, 0.15) is 48.8 Å². The zero-order valence-corrected chi connectivity index (χ0v) is 73.0. The first-order chi connectivity index (χ1) is 52.1. The summed E-state index contributed by atoms with van der Waals surface area (Å²) in [4.78, 5) is 0. The van der Waals surface area contributed by atoms with E-state index in [1.165, 1.54) is 0 Å². The van der Waals surface area contributed by atoms with Crippen molar-refractivity contribution in [3.8, 4) is 0 Å². The van der Waals surface area contributed by atoms with Crippen molar-refractivity contribution in [2.45, 2.75) is 349 Å². The molecule has 8 saturated heterocycles. The van der Waals surface area contributed by atoms with Crippen LogP contribution in [0.25, 0.3) is 0 Å². The average molecular weight is 1590 g/mol. The van der Waals surface area contributed by atoms with Crippen molar-refractivity contribution in [2.75, 3.05) is 165 Å². The van der Waals surface area contributed by atoms with Crippen LogP contribution in [0.3, 0.4) is 0 Å². The molecule has 8 heterocycles. The van der Waals surface area contributed by atoms with E-state index in [2.05, 4.69) is 27.7 Å². The number of hydrogen-bond acceptors (Lipinski definition) is 25. The number of hydrogen-bond donors (Lipinski definition) is 1. The van der Waals surface area contributed by atoms with E-state index in [-0.39, 0.29) is 83.0 Å². The van der Waals surface area contributed by atoms with Crippen LogP contribution < -0.4 is 0 Å². The minimum Gasteiger partial charge on any atom is -0.396 e. The molecule has 25 heteroatoms. The van der Waals surface area contributed by atoms with Crippen LogP contribution >= 0.6 is 0 Å². The van der Waals surface area contributed by atoms with Gasteiger partial charge in [-0.25, -0.2) is 0 Å². The molecule has 111 heavy (non-hydrogen) atoms. The Labute approximate surface area is 669 Å². The molecule has 0 bridgehead atoms. The normalized spacial score (nSPS) is 30.0. The third kappa shape index (κ3) is 36.5. The van der Waals surface area contributed by atoms with Crippen LogP contribution in [0.15, 0.2) is 0 Å². The molecular formula is C86H158O25. The Kier molecular flexibility index (Phi) is 37.4. The molecule has 0 aliphatic carbocycles. The van der Waals surface area contributed by atoms with Crippen molar-refractivity contribution in [3.05, 3.63) is 0 Å². The predicted octanol–water partition coefficient (Wildman–Crippen LogP) is 14.2. The molecule has 8 aliphatic heterocycles. The molecular weight excluding hydrogens is 1430 g/mol. The molecule has 8 rings (SSSR count). The largest absolute Gasteiger partial charge is 0.396 e. The van der Waals surface area contributed by atoms with E-state index >= 15 is 0 Å². The highest BCUT2D eigenvalue weighted by Gasteiger charge is 2.42. The van der Waals surface area contributed by atoms with E-state index in [1.54, 1.807) is 0 Å². The molecule has 8 unspecified atom stereocenters.